The molecule has 0 atom stereocenters. The molecule has 1 aromatic rings. The summed E-state index contributed by atoms with van der Waals surface area (Å²) in [5.41, 5.74) is 1.67. The number of hydrogen-bond acceptors (Lipinski definition) is 3. The van der Waals surface area contributed by atoms with Crippen LogP contribution in [0.1, 0.15) is 31.9 Å². The lowest BCUT2D eigenvalue weighted by Gasteiger charge is -2.20. The van der Waals surface area contributed by atoms with Crippen LogP contribution in [0.25, 0.3) is 0 Å². The summed E-state index contributed by atoms with van der Waals surface area (Å²) in [6, 6.07) is 7.89. The molecule has 0 bridgehead atoms. The summed E-state index contributed by atoms with van der Waals surface area (Å²) in [6.07, 6.45) is 4.79. The highest BCUT2D eigenvalue weighted by Crippen LogP contribution is 2.10. The summed E-state index contributed by atoms with van der Waals surface area (Å²) >= 11 is 0. The third-order valence-corrected chi connectivity index (χ3v) is 2.48. The molecule has 0 heterocycles. The van der Waals surface area contributed by atoms with Crippen molar-refractivity contribution in [2.75, 3.05) is 6.54 Å². The monoisotopic (exact) mass is 274 g/mol. The maximum absolute atomic E-state index is 11.6. The highest BCUT2D eigenvalue weighted by atomic mass is 16.6. The maximum Gasteiger partial charge on any atom is 0.407 e. The van der Waals surface area contributed by atoms with E-state index in [9.17, 15) is 4.79 Å². The third-order valence-electron chi connectivity index (χ3n) is 2.48. The molecule has 0 saturated carbocycles. The number of alkyl carbamates (subject to hydrolysis) is 1. The van der Waals surface area contributed by atoms with Crippen LogP contribution in [0.5, 0.6) is 0 Å². The Balaban J connectivity index is 2.55. The van der Waals surface area contributed by atoms with E-state index in [0.29, 0.717) is 19.6 Å². The fourth-order valence-corrected chi connectivity index (χ4v) is 1.65. The first-order chi connectivity index (χ1) is 9.42. The van der Waals surface area contributed by atoms with Crippen molar-refractivity contribution < 1.29 is 9.53 Å². The van der Waals surface area contributed by atoms with Crippen molar-refractivity contribution in [1.82, 2.24) is 10.6 Å². The van der Waals surface area contributed by atoms with Crippen molar-refractivity contribution >= 4 is 6.09 Å². The fraction of sp³-hybridized carbons (Fsp3) is 0.438. The molecule has 20 heavy (non-hydrogen) atoms. The molecule has 4 nitrogen and oxygen atoms in total. The molecule has 0 spiro atoms. The second-order valence-corrected chi connectivity index (χ2v) is 5.43. The standard InChI is InChI=1S/C16H22N2O2/c1-5-10-17-11-13-8-6-7-9-14(13)12-18-15(19)20-16(2,3)4/h1,6-9,17H,10-12H2,2-4H3,(H,18,19). The molecule has 0 fully saturated rings. The normalized spacial score (nSPS) is 10.7. The Morgan fingerprint density at radius 2 is 1.85 bits per heavy atom. The van der Waals surface area contributed by atoms with Crippen LogP contribution in [0.15, 0.2) is 24.3 Å². The van der Waals surface area contributed by atoms with Crippen LogP contribution in [-0.4, -0.2) is 18.2 Å². The lowest BCUT2D eigenvalue weighted by atomic mass is 10.1. The van der Waals surface area contributed by atoms with Gasteiger partial charge in [-0.25, -0.2) is 4.79 Å². The summed E-state index contributed by atoms with van der Waals surface area (Å²) in [5, 5.41) is 5.89. The van der Waals surface area contributed by atoms with Crippen molar-refractivity contribution in [2.24, 2.45) is 0 Å². The first kappa shape index (κ1) is 16.1. The SMILES string of the molecule is C#CCNCc1ccccc1CNC(=O)OC(C)(C)C. The lowest BCUT2D eigenvalue weighted by Crippen LogP contribution is -2.32. The van der Waals surface area contributed by atoms with Crippen LogP contribution in [0, 0.1) is 12.3 Å². The summed E-state index contributed by atoms with van der Waals surface area (Å²) in [4.78, 5) is 11.6. The van der Waals surface area contributed by atoms with E-state index >= 15 is 0 Å². The Labute approximate surface area is 120 Å². The summed E-state index contributed by atoms with van der Waals surface area (Å²) in [7, 11) is 0. The van der Waals surface area contributed by atoms with Crippen molar-refractivity contribution in [3.8, 4) is 12.3 Å². The molecule has 1 aromatic carbocycles. The van der Waals surface area contributed by atoms with E-state index in [-0.39, 0.29) is 0 Å². The van der Waals surface area contributed by atoms with Crippen molar-refractivity contribution in [3.63, 3.8) is 0 Å². The topological polar surface area (TPSA) is 50.4 Å². The first-order valence-corrected chi connectivity index (χ1v) is 6.60. The van der Waals surface area contributed by atoms with Crippen LogP contribution in [0.2, 0.25) is 0 Å². The van der Waals surface area contributed by atoms with E-state index in [2.05, 4.69) is 16.6 Å². The maximum atomic E-state index is 11.6. The quantitative estimate of drug-likeness (QED) is 0.640. The number of benzene rings is 1. The Morgan fingerprint density at radius 1 is 1.25 bits per heavy atom. The predicted molar refractivity (Wildman–Crippen MR) is 80.1 cm³/mol. The van der Waals surface area contributed by atoms with Gasteiger partial charge in [0.1, 0.15) is 5.60 Å². The van der Waals surface area contributed by atoms with Gasteiger partial charge in [-0.15, -0.1) is 6.42 Å². The van der Waals surface area contributed by atoms with Gasteiger partial charge in [-0.1, -0.05) is 30.2 Å². The van der Waals surface area contributed by atoms with Crippen LogP contribution < -0.4 is 10.6 Å². The van der Waals surface area contributed by atoms with Gasteiger partial charge in [0.15, 0.2) is 0 Å². The van der Waals surface area contributed by atoms with Gasteiger partial charge in [0, 0.05) is 13.1 Å². The number of hydrogen-bond donors (Lipinski definition) is 2. The lowest BCUT2D eigenvalue weighted by molar-refractivity contribution is 0.0523. The first-order valence-electron chi connectivity index (χ1n) is 6.60. The Kier molecular flexibility index (Phi) is 6.08. The number of rotatable bonds is 5. The molecule has 2 N–H and O–H groups in total. The molecule has 0 unspecified atom stereocenters. The van der Waals surface area contributed by atoms with Crippen molar-refractivity contribution in [2.45, 2.75) is 39.5 Å². The highest BCUT2D eigenvalue weighted by Gasteiger charge is 2.15. The molecule has 1 rings (SSSR count). The minimum Gasteiger partial charge on any atom is -0.444 e. The summed E-state index contributed by atoms with van der Waals surface area (Å²) in [6.45, 7) is 7.14. The Hall–Kier alpha value is -1.99. The van der Waals surface area contributed by atoms with E-state index < -0.39 is 11.7 Å². The predicted octanol–water partition coefficient (Wildman–Crippen LogP) is 2.43. The van der Waals surface area contributed by atoms with Gasteiger partial charge in [-0.05, 0) is 31.9 Å². The zero-order valence-electron chi connectivity index (χ0n) is 12.3. The van der Waals surface area contributed by atoms with Crippen LogP contribution >= 0.6 is 0 Å². The molecule has 0 aliphatic carbocycles. The van der Waals surface area contributed by atoms with Crippen LogP contribution in [0.3, 0.4) is 0 Å². The molecule has 0 saturated heterocycles. The molecule has 0 radical (unpaired) electrons. The van der Waals surface area contributed by atoms with E-state index in [1.54, 1.807) is 0 Å². The summed E-state index contributed by atoms with van der Waals surface area (Å²) in [5.74, 6) is 2.53. The van der Waals surface area contributed by atoms with E-state index in [0.717, 1.165) is 11.1 Å². The smallest absolute Gasteiger partial charge is 0.407 e. The van der Waals surface area contributed by atoms with Gasteiger partial charge in [-0.2, -0.15) is 0 Å². The Bertz CT molecular complexity index is 484. The molecule has 108 valence electrons. The molecular formula is C16H22N2O2. The number of ether oxygens (including phenoxy) is 1. The van der Waals surface area contributed by atoms with Crippen molar-refractivity contribution in [3.05, 3.63) is 35.4 Å². The zero-order valence-corrected chi connectivity index (χ0v) is 12.3. The van der Waals surface area contributed by atoms with Gasteiger partial charge >= 0.3 is 6.09 Å². The summed E-state index contributed by atoms with van der Waals surface area (Å²) < 4.78 is 5.21. The third kappa shape index (κ3) is 6.26. The largest absolute Gasteiger partial charge is 0.444 e. The van der Waals surface area contributed by atoms with Crippen LogP contribution in [0.4, 0.5) is 4.79 Å². The van der Waals surface area contributed by atoms with Crippen LogP contribution in [-0.2, 0) is 17.8 Å². The number of carbonyl (C=O) groups is 1. The molecule has 0 aliphatic rings. The zero-order chi connectivity index (χ0) is 15.0. The fourth-order valence-electron chi connectivity index (χ4n) is 1.65. The molecule has 0 aliphatic heterocycles. The average Bonchev–Trinajstić information content (AvgIpc) is 2.36. The number of terminal acetylenes is 1. The van der Waals surface area contributed by atoms with E-state index in [4.69, 9.17) is 11.2 Å². The second-order valence-electron chi connectivity index (χ2n) is 5.43. The van der Waals surface area contributed by atoms with Gasteiger partial charge in [0.25, 0.3) is 0 Å². The van der Waals surface area contributed by atoms with Gasteiger partial charge in [0.2, 0.25) is 0 Å². The molecule has 0 aromatic heterocycles. The molecule has 1 amide bonds. The number of nitrogens with one attached hydrogen (secondary N) is 2. The number of amides is 1. The van der Waals surface area contributed by atoms with Crippen molar-refractivity contribution in [1.29, 1.82) is 0 Å². The van der Waals surface area contributed by atoms with E-state index in [1.807, 2.05) is 45.0 Å². The number of carbonyl (C=O) groups excluding carboxylic acids is 1. The minimum absolute atomic E-state index is 0.413. The van der Waals surface area contributed by atoms with Gasteiger partial charge in [-0.3, -0.25) is 0 Å². The second kappa shape index (κ2) is 7.56. The van der Waals surface area contributed by atoms with Gasteiger partial charge < -0.3 is 15.4 Å². The highest BCUT2D eigenvalue weighted by molar-refractivity contribution is 5.67. The minimum atomic E-state index is -0.488. The molecule has 4 heteroatoms. The van der Waals surface area contributed by atoms with Gasteiger partial charge in [0.05, 0.1) is 6.54 Å². The average molecular weight is 274 g/mol. The van der Waals surface area contributed by atoms with E-state index in [1.165, 1.54) is 0 Å². The molecular weight excluding hydrogens is 252 g/mol. The Morgan fingerprint density at radius 3 is 2.40 bits per heavy atom.